The summed E-state index contributed by atoms with van der Waals surface area (Å²) in [6, 6.07) is 22.7. The van der Waals surface area contributed by atoms with Gasteiger partial charge in [-0.25, -0.2) is 0 Å². The van der Waals surface area contributed by atoms with Crippen molar-refractivity contribution in [3.05, 3.63) is 105 Å². The molecule has 0 radical (unpaired) electrons. The van der Waals surface area contributed by atoms with E-state index in [2.05, 4.69) is 5.32 Å². The van der Waals surface area contributed by atoms with Crippen LogP contribution in [0.4, 0.5) is 0 Å². The summed E-state index contributed by atoms with van der Waals surface area (Å²) in [5.41, 5.74) is 3.94. The molecule has 1 N–H and O–H groups in total. The number of nitrogens with one attached hydrogen (secondary N) is 1. The van der Waals surface area contributed by atoms with Crippen molar-refractivity contribution in [2.75, 3.05) is 12.3 Å². The molecule has 0 heterocycles. The zero-order valence-electron chi connectivity index (χ0n) is 20.7. The molecule has 0 fully saturated rings. The van der Waals surface area contributed by atoms with Crippen LogP contribution in [0.2, 0.25) is 10.0 Å². The van der Waals surface area contributed by atoms with Gasteiger partial charge in [0.2, 0.25) is 11.8 Å². The molecular weight excluding hydrogens is 511 g/mol. The monoisotopic (exact) mass is 542 g/mol. The zero-order chi connectivity index (χ0) is 25.9. The van der Waals surface area contributed by atoms with Gasteiger partial charge in [0.25, 0.3) is 0 Å². The molecule has 0 bridgehead atoms. The normalized spacial score (nSPS) is 11.7. The molecule has 0 saturated carbocycles. The quantitative estimate of drug-likeness (QED) is 0.277. The van der Waals surface area contributed by atoms with Crippen molar-refractivity contribution in [2.24, 2.45) is 0 Å². The van der Waals surface area contributed by atoms with E-state index in [0.29, 0.717) is 35.3 Å². The van der Waals surface area contributed by atoms with Gasteiger partial charge in [-0.2, -0.15) is 0 Å². The number of carbonyl (C=O) groups is 2. The molecule has 4 nitrogen and oxygen atoms in total. The fourth-order valence-corrected chi connectivity index (χ4v) is 5.45. The van der Waals surface area contributed by atoms with Crippen LogP contribution in [0.15, 0.2) is 72.8 Å². The molecule has 190 valence electrons. The average molecular weight is 544 g/mol. The number of thioether (sulfide) groups is 1. The minimum absolute atomic E-state index is 0.101. The van der Waals surface area contributed by atoms with Gasteiger partial charge in [-0.05, 0) is 42.2 Å². The third-order valence-electron chi connectivity index (χ3n) is 5.83. The predicted molar refractivity (Wildman–Crippen MR) is 152 cm³/mol. The maximum atomic E-state index is 13.6. The standard InChI is InChI=1S/C29H32Cl2N2O2S/c1-3-16-32-29(35)27(17-22-8-5-4-6-9-22)33(18-23-14-12-21(2)13-15-23)28(34)20-36-19-24-25(30)10-7-11-26(24)31/h4-15,27H,3,16-20H2,1-2H3,(H,32,35)/t27-/m0/s1. The van der Waals surface area contributed by atoms with Crippen LogP contribution in [0.3, 0.4) is 0 Å². The van der Waals surface area contributed by atoms with E-state index in [9.17, 15) is 9.59 Å². The number of aryl methyl sites for hydroxylation is 1. The van der Waals surface area contributed by atoms with E-state index in [-0.39, 0.29) is 17.6 Å². The lowest BCUT2D eigenvalue weighted by Gasteiger charge is -2.31. The summed E-state index contributed by atoms with van der Waals surface area (Å²) < 4.78 is 0. The molecule has 3 rings (SSSR count). The number of carbonyl (C=O) groups excluding carboxylic acids is 2. The third-order valence-corrected chi connectivity index (χ3v) is 7.48. The van der Waals surface area contributed by atoms with E-state index in [1.165, 1.54) is 11.8 Å². The van der Waals surface area contributed by atoms with Gasteiger partial charge in [0.05, 0.1) is 5.75 Å². The largest absolute Gasteiger partial charge is 0.354 e. The van der Waals surface area contributed by atoms with Crippen LogP contribution in [0.5, 0.6) is 0 Å². The third kappa shape index (κ3) is 8.29. The first-order valence-electron chi connectivity index (χ1n) is 12.1. The van der Waals surface area contributed by atoms with Crippen molar-refractivity contribution >= 4 is 46.8 Å². The van der Waals surface area contributed by atoms with Gasteiger partial charge in [-0.15, -0.1) is 11.8 Å². The fraction of sp³-hybridized carbons (Fsp3) is 0.310. The van der Waals surface area contributed by atoms with E-state index in [1.807, 2.05) is 68.4 Å². The summed E-state index contributed by atoms with van der Waals surface area (Å²) in [6.07, 6.45) is 1.26. The van der Waals surface area contributed by atoms with Crippen LogP contribution in [0.1, 0.15) is 35.6 Å². The lowest BCUT2D eigenvalue weighted by molar-refractivity contribution is -0.139. The van der Waals surface area contributed by atoms with Gasteiger partial charge in [0, 0.05) is 35.3 Å². The van der Waals surface area contributed by atoms with E-state index < -0.39 is 6.04 Å². The molecule has 0 unspecified atom stereocenters. The summed E-state index contributed by atoms with van der Waals surface area (Å²) in [7, 11) is 0. The summed E-state index contributed by atoms with van der Waals surface area (Å²) >= 11 is 14.1. The Hall–Kier alpha value is -2.47. The summed E-state index contributed by atoms with van der Waals surface area (Å²) in [6.45, 7) is 4.96. The van der Waals surface area contributed by atoms with Crippen LogP contribution in [-0.4, -0.2) is 35.1 Å². The molecule has 36 heavy (non-hydrogen) atoms. The highest BCUT2D eigenvalue weighted by atomic mass is 35.5. The molecule has 0 saturated heterocycles. The first kappa shape index (κ1) is 28.1. The molecule has 0 aliphatic heterocycles. The van der Waals surface area contributed by atoms with Gasteiger partial charge in [-0.1, -0.05) is 96.4 Å². The second-order valence-corrected chi connectivity index (χ2v) is 10.5. The fourth-order valence-electron chi connectivity index (χ4n) is 3.80. The Bertz CT molecular complexity index is 1120. The summed E-state index contributed by atoms with van der Waals surface area (Å²) in [4.78, 5) is 28.7. The molecule has 0 aromatic heterocycles. The van der Waals surface area contributed by atoms with Crippen molar-refractivity contribution in [1.82, 2.24) is 10.2 Å². The lowest BCUT2D eigenvalue weighted by Crippen LogP contribution is -2.51. The van der Waals surface area contributed by atoms with Gasteiger partial charge in [0.1, 0.15) is 6.04 Å². The van der Waals surface area contributed by atoms with Crippen LogP contribution >= 0.6 is 35.0 Å². The number of halogens is 2. The second-order valence-electron chi connectivity index (χ2n) is 8.70. The molecule has 3 aromatic rings. The summed E-state index contributed by atoms with van der Waals surface area (Å²) in [5, 5.41) is 4.17. The second kappa shape index (κ2) is 14.3. The molecule has 0 aliphatic rings. The molecule has 0 spiro atoms. The Morgan fingerprint density at radius 3 is 2.22 bits per heavy atom. The van der Waals surface area contributed by atoms with Gasteiger partial charge < -0.3 is 10.2 Å². The van der Waals surface area contributed by atoms with Gasteiger partial charge >= 0.3 is 0 Å². The number of nitrogens with zero attached hydrogens (tertiary/aromatic N) is 1. The molecule has 3 aromatic carbocycles. The highest BCUT2D eigenvalue weighted by molar-refractivity contribution is 7.99. The van der Waals surface area contributed by atoms with E-state index in [4.69, 9.17) is 23.2 Å². The van der Waals surface area contributed by atoms with Crippen LogP contribution in [-0.2, 0) is 28.3 Å². The number of hydrogen-bond donors (Lipinski definition) is 1. The van der Waals surface area contributed by atoms with Crippen molar-refractivity contribution in [3.63, 3.8) is 0 Å². The average Bonchev–Trinajstić information content (AvgIpc) is 2.88. The number of hydrogen-bond acceptors (Lipinski definition) is 3. The predicted octanol–water partition coefficient (Wildman–Crippen LogP) is 6.70. The maximum Gasteiger partial charge on any atom is 0.243 e. The van der Waals surface area contributed by atoms with Crippen LogP contribution in [0.25, 0.3) is 0 Å². The van der Waals surface area contributed by atoms with Gasteiger partial charge in [0.15, 0.2) is 0 Å². The van der Waals surface area contributed by atoms with Crippen molar-refractivity contribution in [3.8, 4) is 0 Å². The van der Waals surface area contributed by atoms with E-state index in [0.717, 1.165) is 28.7 Å². The van der Waals surface area contributed by atoms with Crippen molar-refractivity contribution < 1.29 is 9.59 Å². The lowest BCUT2D eigenvalue weighted by atomic mass is 10.0. The smallest absolute Gasteiger partial charge is 0.243 e. The Morgan fingerprint density at radius 2 is 1.58 bits per heavy atom. The van der Waals surface area contributed by atoms with Crippen molar-refractivity contribution in [2.45, 2.75) is 45.0 Å². The Balaban J connectivity index is 1.84. The molecular formula is C29H32Cl2N2O2S. The zero-order valence-corrected chi connectivity index (χ0v) is 23.0. The Labute approximate surface area is 228 Å². The first-order chi connectivity index (χ1) is 17.4. The molecule has 2 amide bonds. The van der Waals surface area contributed by atoms with E-state index >= 15 is 0 Å². The van der Waals surface area contributed by atoms with Crippen molar-refractivity contribution in [1.29, 1.82) is 0 Å². The summed E-state index contributed by atoms with van der Waals surface area (Å²) in [5.74, 6) is 0.477. The molecule has 0 aliphatic carbocycles. The van der Waals surface area contributed by atoms with Crippen LogP contribution < -0.4 is 5.32 Å². The number of amides is 2. The molecule has 1 atom stereocenters. The number of benzene rings is 3. The SMILES string of the molecule is CCCNC(=O)[C@H](Cc1ccccc1)N(Cc1ccc(C)cc1)C(=O)CSCc1c(Cl)cccc1Cl. The van der Waals surface area contributed by atoms with Crippen LogP contribution in [0, 0.1) is 6.92 Å². The Kier molecular flexibility index (Phi) is 11.2. The number of rotatable bonds is 12. The first-order valence-corrected chi connectivity index (χ1v) is 14.0. The topological polar surface area (TPSA) is 49.4 Å². The Morgan fingerprint density at radius 1 is 0.917 bits per heavy atom. The minimum Gasteiger partial charge on any atom is -0.354 e. The highest BCUT2D eigenvalue weighted by Gasteiger charge is 2.30. The van der Waals surface area contributed by atoms with Gasteiger partial charge in [-0.3, -0.25) is 9.59 Å². The highest BCUT2D eigenvalue weighted by Crippen LogP contribution is 2.28. The van der Waals surface area contributed by atoms with E-state index in [1.54, 1.807) is 23.1 Å². The molecule has 7 heteroatoms. The minimum atomic E-state index is -0.628. The maximum absolute atomic E-state index is 13.6.